The number of hydrogen-bond donors (Lipinski definition) is 0. The lowest BCUT2D eigenvalue weighted by molar-refractivity contribution is -0.00576. The minimum atomic E-state index is -0.342. The van der Waals surface area contributed by atoms with E-state index in [-0.39, 0.29) is 11.9 Å². The Morgan fingerprint density at radius 2 is 2.32 bits per heavy atom. The summed E-state index contributed by atoms with van der Waals surface area (Å²) in [5, 5.41) is 6.77. The molecule has 0 saturated carbocycles. The van der Waals surface area contributed by atoms with Gasteiger partial charge in [0.2, 0.25) is 6.39 Å². The van der Waals surface area contributed by atoms with E-state index in [0.29, 0.717) is 31.1 Å². The Morgan fingerprint density at radius 3 is 3.08 bits per heavy atom. The van der Waals surface area contributed by atoms with Crippen molar-refractivity contribution in [2.75, 3.05) is 19.8 Å². The van der Waals surface area contributed by atoms with Crippen molar-refractivity contribution in [2.24, 2.45) is 0 Å². The van der Waals surface area contributed by atoms with Crippen LogP contribution >= 0.6 is 11.3 Å². The molecule has 3 aromatic rings. The van der Waals surface area contributed by atoms with Gasteiger partial charge in [0.25, 0.3) is 5.91 Å². The van der Waals surface area contributed by atoms with Gasteiger partial charge in [-0.25, -0.2) is 4.98 Å². The van der Waals surface area contributed by atoms with Crippen LogP contribution in [0, 0.1) is 6.92 Å². The zero-order chi connectivity index (χ0) is 17.2. The smallest absolute Gasteiger partial charge is 0.254 e. The van der Waals surface area contributed by atoms with Crippen molar-refractivity contribution < 1.29 is 14.1 Å². The molecule has 0 N–H and O–H groups in total. The number of carbonyl (C=O) groups excluding carboxylic acids is 1. The van der Waals surface area contributed by atoms with Gasteiger partial charge in [0.1, 0.15) is 11.0 Å². The average molecular weight is 356 g/mol. The van der Waals surface area contributed by atoms with Gasteiger partial charge < -0.3 is 14.2 Å². The lowest BCUT2D eigenvalue weighted by Gasteiger charge is -2.33. The van der Waals surface area contributed by atoms with Gasteiger partial charge in [-0.1, -0.05) is 17.3 Å². The van der Waals surface area contributed by atoms with Crippen molar-refractivity contribution in [3.63, 3.8) is 0 Å². The van der Waals surface area contributed by atoms with Gasteiger partial charge in [0.15, 0.2) is 5.82 Å². The highest BCUT2D eigenvalue weighted by molar-refractivity contribution is 7.13. The second-order valence-electron chi connectivity index (χ2n) is 5.75. The number of carbonyl (C=O) groups is 1. The van der Waals surface area contributed by atoms with Crippen molar-refractivity contribution in [1.29, 1.82) is 0 Å². The highest BCUT2D eigenvalue weighted by atomic mass is 32.1. The predicted octanol–water partition coefficient (Wildman–Crippen LogP) is 2.72. The van der Waals surface area contributed by atoms with Crippen LogP contribution in [0.4, 0.5) is 0 Å². The lowest BCUT2D eigenvalue weighted by atomic mass is 10.1. The molecule has 25 heavy (non-hydrogen) atoms. The third-order valence-corrected chi connectivity index (χ3v) is 5.05. The summed E-state index contributed by atoms with van der Waals surface area (Å²) in [6.07, 6.45) is 1.26. The Kier molecular flexibility index (Phi) is 4.29. The van der Waals surface area contributed by atoms with Gasteiger partial charge in [-0.2, -0.15) is 4.98 Å². The van der Waals surface area contributed by atoms with Crippen LogP contribution in [-0.2, 0) is 4.74 Å². The summed E-state index contributed by atoms with van der Waals surface area (Å²) in [6.45, 7) is 3.29. The van der Waals surface area contributed by atoms with Crippen LogP contribution in [0.2, 0.25) is 0 Å². The van der Waals surface area contributed by atoms with E-state index in [1.165, 1.54) is 6.39 Å². The number of benzene rings is 1. The number of aromatic nitrogens is 3. The topological polar surface area (TPSA) is 81.4 Å². The summed E-state index contributed by atoms with van der Waals surface area (Å²) in [5.74, 6) is 0.382. The fourth-order valence-electron chi connectivity index (χ4n) is 2.82. The van der Waals surface area contributed by atoms with Crippen molar-refractivity contribution >= 4 is 17.2 Å². The van der Waals surface area contributed by atoms with Gasteiger partial charge in [0.05, 0.1) is 13.2 Å². The van der Waals surface area contributed by atoms with Crippen LogP contribution in [0.1, 0.15) is 27.9 Å². The molecule has 1 amide bonds. The quantitative estimate of drug-likeness (QED) is 0.718. The number of nitrogens with zero attached hydrogens (tertiary/aromatic N) is 4. The Hall–Kier alpha value is -2.58. The monoisotopic (exact) mass is 356 g/mol. The molecule has 0 radical (unpaired) electrons. The fourth-order valence-corrected chi connectivity index (χ4v) is 3.62. The molecule has 1 saturated heterocycles. The molecular formula is C17H16N4O3S. The molecule has 1 aliphatic rings. The van der Waals surface area contributed by atoms with Crippen molar-refractivity contribution in [2.45, 2.75) is 13.0 Å². The lowest BCUT2D eigenvalue weighted by Crippen LogP contribution is -2.43. The van der Waals surface area contributed by atoms with E-state index in [2.05, 4.69) is 15.1 Å². The summed E-state index contributed by atoms with van der Waals surface area (Å²) >= 11 is 1.57. The van der Waals surface area contributed by atoms with Crippen molar-refractivity contribution in [3.05, 3.63) is 53.1 Å². The van der Waals surface area contributed by atoms with Crippen LogP contribution in [0.5, 0.6) is 0 Å². The first-order valence-corrected chi connectivity index (χ1v) is 8.78. The van der Waals surface area contributed by atoms with Gasteiger partial charge in [0, 0.05) is 28.7 Å². The van der Waals surface area contributed by atoms with Gasteiger partial charge in [-0.05, 0) is 19.1 Å². The summed E-state index contributed by atoms with van der Waals surface area (Å²) in [4.78, 5) is 23.4. The Balaban J connectivity index is 1.63. The van der Waals surface area contributed by atoms with E-state index >= 15 is 0 Å². The van der Waals surface area contributed by atoms with Crippen LogP contribution in [-0.4, -0.2) is 45.7 Å². The van der Waals surface area contributed by atoms with Crippen LogP contribution in [0.3, 0.4) is 0 Å². The second kappa shape index (κ2) is 6.73. The Bertz CT molecular complexity index is 878. The SMILES string of the molecule is Cc1csc(-c2cccc(C(=O)N3CCOC[C@@H]3c3ncon3)c2)n1. The summed E-state index contributed by atoms with van der Waals surface area (Å²) in [6, 6.07) is 7.19. The molecule has 1 atom stereocenters. The number of thiazole rings is 1. The molecule has 0 unspecified atom stereocenters. The van der Waals surface area contributed by atoms with Crippen LogP contribution in [0.25, 0.3) is 10.6 Å². The average Bonchev–Trinajstić information content (AvgIpc) is 3.33. The molecular weight excluding hydrogens is 340 g/mol. The minimum Gasteiger partial charge on any atom is -0.377 e. The first kappa shape index (κ1) is 15.9. The molecule has 0 aliphatic carbocycles. The number of morpholine rings is 1. The molecule has 7 nitrogen and oxygen atoms in total. The summed E-state index contributed by atoms with van der Waals surface area (Å²) in [5.41, 5.74) is 2.52. The first-order chi connectivity index (χ1) is 12.2. The van der Waals surface area contributed by atoms with E-state index in [0.717, 1.165) is 16.3 Å². The normalized spacial score (nSPS) is 17.6. The molecule has 0 spiro atoms. The van der Waals surface area contributed by atoms with Gasteiger partial charge in [-0.3, -0.25) is 4.79 Å². The molecule has 128 valence electrons. The van der Waals surface area contributed by atoms with E-state index in [1.54, 1.807) is 16.2 Å². The maximum Gasteiger partial charge on any atom is 0.254 e. The highest BCUT2D eigenvalue weighted by Gasteiger charge is 2.32. The summed E-state index contributed by atoms with van der Waals surface area (Å²) in [7, 11) is 0. The standard InChI is InChI=1S/C17H16N4O3S/c1-11-9-25-16(19-11)12-3-2-4-13(7-12)17(22)21-5-6-23-8-14(21)15-18-10-24-20-15/h2-4,7,9-10,14H,5-6,8H2,1H3/t14-/m1/s1. The molecule has 1 aromatic carbocycles. The molecule has 3 heterocycles. The van der Waals surface area contributed by atoms with E-state index in [4.69, 9.17) is 9.26 Å². The Morgan fingerprint density at radius 1 is 1.40 bits per heavy atom. The Labute approximate surface area is 148 Å². The van der Waals surface area contributed by atoms with Crippen LogP contribution < -0.4 is 0 Å². The zero-order valence-corrected chi connectivity index (χ0v) is 14.4. The molecule has 0 bridgehead atoms. The maximum atomic E-state index is 13.1. The van der Waals surface area contributed by atoms with E-state index in [1.807, 2.05) is 36.6 Å². The molecule has 1 aliphatic heterocycles. The minimum absolute atomic E-state index is 0.0757. The van der Waals surface area contributed by atoms with Crippen molar-refractivity contribution in [1.82, 2.24) is 20.0 Å². The molecule has 4 rings (SSSR count). The first-order valence-electron chi connectivity index (χ1n) is 7.90. The summed E-state index contributed by atoms with van der Waals surface area (Å²) < 4.78 is 10.3. The second-order valence-corrected chi connectivity index (χ2v) is 6.61. The largest absolute Gasteiger partial charge is 0.377 e. The van der Waals surface area contributed by atoms with Gasteiger partial charge >= 0.3 is 0 Å². The zero-order valence-electron chi connectivity index (χ0n) is 13.6. The number of hydrogen-bond acceptors (Lipinski definition) is 7. The number of rotatable bonds is 3. The number of aryl methyl sites for hydroxylation is 1. The number of amides is 1. The number of ether oxygens (including phenoxy) is 1. The third kappa shape index (κ3) is 3.18. The predicted molar refractivity (Wildman–Crippen MR) is 91.2 cm³/mol. The molecule has 8 heteroatoms. The molecule has 2 aromatic heterocycles. The van der Waals surface area contributed by atoms with Crippen molar-refractivity contribution in [3.8, 4) is 10.6 Å². The van der Waals surface area contributed by atoms with Gasteiger partial charge in [-0.15, -0.1) is 11.3 Å². The highest BCUT2D eigenvalue weighted by Crippen LogP contribution is 2.27. The fraction of sp³-hybridized carbons (Fsp3) is 0.294. The van der Waals surface area contributed by atoms with E-state index < -0.39 is 0 Å². The molecule has 1 fully saturated rings. The maximum absolute atomic E-state index is 13.1. The van der Waals surface area contributed by atoms with Crippen LogP contribution in [0.15, 0.2) is 40.6 Å². The third-order valence-electron chi connectivity index (χ3n) is 4.04. The van der Waals surface area contributed by atoms with E-state index in [9.17, 15) is 4.79 Å².